The van der Waals surface area contributed by atoms with Gasteiger partial charge in [0.15, 0.2) is 0 Å². The Morgan fingerprint density at radius 2 is 1.93 bits per heavy atom. The van der Waals surface area contributed by atoms with E-state index < -0.39 is 16.6 Å². The van der Waals surface area contributed by atoms with Gasteiger partial charge < -0.3 is 4.42 Å². The third-order valence-electron chi connectivity index (χ3n) is 3.52. The van der Waals surface area contributed by atoms with Crippen LogP contribution >= 0.6 is 11.6 Å². The molecule has 0 aliphatic heterocycles. The van der Waals surface area contributed by atoms with Gasteiger partial charge in [-0.25, -0.2) is 9.82 Å². The Morgan fingerprint density at radius 3 is 2.59 bits per heavy atom. The summed E-state index contributed by atoms with van der Waals surface area (Å²) < 4.78 is 18.4. The van der Waals surface area contributed by atoms with E-state index in [9.17, 15) is 19.3 Å². The standard InChI is InChI=1S/C18H11ClFN3O4/c19-16-9-13(23(25)26)5-7-15(16)17-8-6-14(27-17)10-21-22-18(24)11-1-3-12(20)4-2-11/h1-10H,(H,22,24)/b21-10-. The number of hydrogen-bond donors (Lipinski definition) is 1. The highest BCUT2D eigenvalue weighted by Crippen LogP contribution is 2.31. The van der Waals surface area contributed by atoms with Gasteiger partial charge >= 0.3 is 0 Å². The van der Waals surface area contributed by atoms with E-state index in [0.717, 1.165) is 0 Å². The van der Waals surface area contributed by atoms with Crippen LogP contribution in [0.4, 0.5) is 10.1 Å². The lowest BCUT2D eigenvalue weighted by Gasteiger charge is -2.00. The smallest absolute Gasteiger partial charge is 0.271 e. The number of carbonyl (C=O) groups excluding carboxylic acids is 1. The molecule has 0 atom stereocenters. The van der Waals surface area contributed by atoms with Gasteiger partial charge in [0.1, 0.15) is 17.3 Å². The van der Waals surface area contributed by atoms with E-state index in [1.165, 1.54) is 48.7 Å². The average molecular weight is 388 g/mol. The third-order valence-corrected chi connectivity index (χ3v) is 3.83. The maximum absolute atomic E-state index is 12.8. The largest absolute Gasteiger partial charge is 0.455 e. The Hall–Kier alpha value is -3.52. The lowest BCUT2D eigenvalue weighted by atomic mass is 10.1. The van der Waals surface area contributed by atoms with Gasteiger partial charge in [-0.05, 0) is 42.5 Å². The van der Waals surface area contributed by atoms with Crippen LogP contribution < -0.4 is 5.43 Å². The molecule has 0 aliphatic rings. The highest BCUT2D eigenvalue weighted by molar-refractivity contribution is 6.33. The number of hydrazone groups is 1. The molecule has 7 nitrogen and oxygen atoms in total. The van der Waals surface area contributed by atoms with Crippen LogP contribution in [0.15, 0.2) is 64.1 Å². The molecular weight excluding hydrogens is 377 g/mol. The zero-order valence-electron chi connectivity index (χ0n) is 13.6. The fourth-order valence-electron chi connectivity index (χ4n) is 2.20. The zero-order chi connectivity index (χ0) is 19.4. The Morgan fingerprint density at radius 1 is 1.19 bits per heavy atom. The zero-order valence-corrected chi connectivity index (χ0v) is 14.3. The molecular formula is C18H11ClFN3O4. The number of carbonyl (C=O) groups is 1. The van der Waals surface area contributed by atoms with Crippen LogP contribution in [0.5, 0.6) is 0 Å². The van der Waals surface area contributed by atoms with Crippen molar-refractivity contribution in [1.82, 2.24) is 5.43 Å². The number of nitro benzene ring substituents is 1. The molecule has 3 rings (SSSR count). The Bertz CT molecular complexity index is 1030. The molecule has 3 aromatic rings. The molecule has 0 saturated heterocycles. The minimum atomic E-state index is -0.542. The second-order valence-corrected chi connectivity index (χ2v) is 5.74. The van der Waals surface area contributed by atoms with Crippen LogP contribution in [0, 0.1) is 15.9 Å². The molecule has 0 radical (unpaired) electrons. The lowest BCUT2D eigenvalue weighted by molar-refractivity contribution is -0.384. The van der Waals surface area contributed by atoms with Crippen molar-refractivity contribution in [3.63, 3.8) is 0 Å². The minimum Gasteiger partial charge on any atom is -0.455 e. The molecule has 0 bridgehead atoms. The summed E-state index contributed by atoms with van der Waals surface area (Å²) in [6.45, 7) is 0. The summed E-state index contributed by atoms with van der Waals surface area (Å²) in [5.74, 6) is -0.223. The predicted molar refractivity (Wildman–Crippen MR) is 97.3 cm³/mol. The maximum Gasteiger partial charge on any atom is 0.271 e. The minimum absolute atomic E-state index is 0.124. The Balaban J connectivity index is 1.69. The molecule has 27 heavy (non-hydrogen) atoms. The van der Waals surface area contributed by atoms with E-state index >= 15 is 0 Å². The molecule has 1 N–H and O–H groups in total. The van der Waals surface area contributed by atoms with Crippen molar-refractivity contribution in [1.29, 1.82) is 0 Å². The molecule has 0 fully saturated rings. The van der Waals surface area contributed by atoms with Crippen molar-refractivity contribution in [3.05, 3.63) is 86.9 Å². The first-order valence-electron chi connectivity index (χ1n) is 7.57. The van der Waals surface area contributed by atoms with Gasteiger partial charge in [0, 0.05) is 23.3 Å². The number of benzene rings is 2. The van der Waals surface area contributed by atoms with Crippen LogP contribution in [-0.2, 0) is 0 Å². The van der Waals surface area contributed by atoms with Crippen molar-refractivity contribution < 1.29 is 18.5 Å². The van der Waals surface area contributed by atoms with E-state index in [1.807, 2.05) is 0 Å². The molecule has 0 spiro atoms. The number of amides is 1. The molecule has 1 heterocycles. The summed E-state index contributed by atoms with van der Waals surface area (Å²) >= 11 is 6.06. The fourth-order valence-corrected chi connectivity index (χ4v) is 2.47. The maximum atomic E-state index is 12.8. The normalized spacial score (nSPS) is 10.9. The summed E-state index contributed by atoms with van der Waals surface area (Å²) in [6.07, 6.45) is 1.28. The summed E-state index contributed by atoms with van der Waals surface area (Å²) in [4.78, 5) is 22.1. The van der Waals surface area contributed by atoms with Gasteiger partial charge in [-0.15, -0.1) is 0 Å². The van der Waals surface area contributed by atoms with E-state index in [2.05, 4.69) is 10.5 Å². The number of furan rings is 1. The summed E-state index contributed by atoms with van der Waals surface area (Å²) in [5, 5.41) is 14.7. The van der Waals surface area contributed by atoms with Gasteiger partial charge in [0.25, 0.3) is 11.6 Å². The van der Waals surface area contributed by atoms with Crippen LogP contribution in [0.25, 0.3) is 11.3 Å². The Kier molecular flexibility index (Phi) is 5.28. The summed E-state index contributed by atoms with van der Waals surface area (Å²) in [6, 6.07) is 12.3. The fraction of sp³-hybridized carbons (Fsp3) is 0. The predicted octanol–water partition coefficient (Wildman–Crippen LogP) is 4.41. The first-order valence-corrected chi connectivity index (χ1v) is 7.95. The highest BCUT2D eigenvalue weighted by atomic mass is 35.5. The van der Waals surface area contributed by atoms with E-state index in [1.54, 1.807) is 12.1 Å². The number of halogens is 2. The second-order valence-electron chi connectivity index (χ2n) is 5.33. The van der Waals surface area contributed by atoms with Crippen molar-refractivity contribution in [2.45, 2.75) is 0 Å². The number of nitrogens with one attached hydrogen (secondary N) is 1. The van der Waals surface area contributed by atoms with Gasteiger partial charge in [0.05, 0.1) is 16.2 Å². The van der Waals surface area contributed by atoms with Crippen LogP contribution in [0.1, 0.15) is 16.1 Å². The van der Waals surface area contributed by atoms with Crippen LogP contribution in [-0.4, -0.2) is 17.0 Å². The number of nitro groups is 1. The van der Waals surface area contributed by atoms with Gasteiger partial charge in [-0.2, -0.15) is 5.10 Å². The number of hydrogen-bond acceptors (Lipinski definition) is 5. The average Bonchev–Trinajstić information content (AvgIpc) is 3.10. The van der Waals surface area contributed by atoms with Crippen LogP contribution in [0.3, 0.4) is 0 Å². The van der Waals surface area contributed by atoms with Gasteiger partial charge in [-0.1, -0.05) is 11.6 Å². The molecule has 2 aromatic carbocycles. The summed E-state index contributed by atoms with van der Waals surface area (Å²) in [7, 11) is 0. The number of non-ortho nitro benzene ring substituents is 1. The highest BCUT2D eigenvalue weighted by Gasteiger charge is 2.13. The first-order chi connectivity index (χ1) is 12.9. The van der Waals surface area contributed by atoms with E-state index in [4.69, 9.17) is 16.0 Å². The van der Waals surface area contributed by atoms with Crippen LogP contribution in [0.2, 0.25) is 5.02 Å². The van der Waals surface area contributed by atoms with Crippen molar-refractivity contribution in [2.75, 3.05) is 0 Å². The van der Waals surface area contributed by atoms with Gasteiger partial charge in [0.2, 0.25) is 0 Å². The second kappa shape index (κ2) is 7.79. The molecule has 1 amide bonds. The first kappa shape index (κ1) is 18.3. The molecule has 1 aromatic heterocycles. The topological polar surface area (TPSA) is 97.7 Å². The Labute approximate surface area is 157 Å². The number of rotatable bonds is 5. The molecule has 9 heteroatoms. The van der Waals surface area contributed by atoms with Crippen molar-refractivity contribution in [2.24, 2.45) is 5.10 Å². The molecule has 0 saturated carbocycles. The quantitative estimate of drug-likeness (QED) is 0.398. The molecule has 0 aliphatic carbocycles. The van der Waals surface area contributed by atoms with Gasteiger partial charge in [-0.3, -0.25) is 14.9 Å². The monoisotopic (exact) mass is 387 g/mol. The SMILES string of the molecule is O=C(N/N=C\c1ccc(-c2ccc([N+](=O)[O-])cc2Cl)o1)c1ccc(F)cc1. The summed E-state index contributed by atoms with van der Waals surface area (Å²) in [5.41, 5.74) is 2.91. The third kappa shape index (κ3) is 4.36. The molecule has 136 valence electrons. The van der Waals surface area contributed by atoms with Crippen molar-refractivity contribution >= 4 is 29.4 Å². The van der Waals surface area contributed by atoms with E-state index in [0.29, 0.717) is 17.1 Å². The lowest BCUT2D eigenvalue weighted by Crippen LogP contribution is -2.17. The van der Waals surface area contributed by atoms with E-state index in [-0.39, 0.29) is 16.3 Å². The van der Waals surface area contributed by atoms with Crippen molar-refractivity contribution in [3.8, 4) is 11.3 Å². The number of nitrogens with zero attached hydrogens (tertiary/aromatic N) is 2. The molecule has 0 unspecified atom stereocenters.